The molecular weight excluding hydrogens is 384 g/mol. The Kier molecular flexibility index (Phi) is 11.8. The van der Waals surface area contributed by atoms with Gasteiger partial charge in [0.05, 0.1) is 24.0 Å². The van der Waals surface area contributed by atoms with Crippen molar-refractivity contribution < 1.29 is 28.9 Å². The molecule has 0 spiro atoms. The predicted molar refractivity (Wildman–Crippen MR) is 111 cm³/mol. The Morgan fingerprint density at radius 3 is 2.36 bits per heavy atom. The standard InChI is InChI=1S/C15H31B2N3O7Si/c1-16(22)18-10-8-11-19(17(2)23)13(9-7-12-27-28(4,5)6)14(20(24)25)15(21)26-3/h7,12,18,22-23H,8-11H2,1-6H3. The molecule has 0 atom stereocenters. The zero-order valence-electron chi connectivity index (χ0n) is 17.5. The van der Waals surface area contributed by atoms with E-state index in [0.717, 1.165) is 7.11 Å². The smallest absolute Gasteiger partial charge is 0.411 e. The molecule has 0 bridgehead atoms. The number of ether oxygens (including phenoxy) is 1. The Hall–Kier alpha value is -1.82. The van der Waals surface area contributed by atoms with E-state index in [1.165, 1.54) is 17.9 Å². The molecule has 13 heteroatoms. The summed E-state index contributed by atoms with van der Waals surface area (Å²) in [7, 11) is -2.52. The van der Waals surface area contributed by atoms with Crippen LogP contribution in [0.4, 0.5) is 0 Å². The first-order chi connectivity index (χ1) is 12.9. The summed E-state index contributed by atoms with van der Waals surface area (Å²) in [5.74, 6) is -1.09. The van der Waals surface area contributed by atoms with Crippen LogP contribution in [0.1, 0.15) is 12.8 Å². The summed E-state index contributed by atoms with van der Waals surface area (Å²) < 4.78 is 10.2. The van der Waals surface area contributed by atoms with Crippen molar-refractivity contribution in [2.24, 2.45) is 0 Å². The van der Waals surface area contributed by atoms with E-state index in [9.17, 15) is 25.0 Å². The first kappa shape index (κ1) is 26.2. The first-order valence-electron chi connectivity index (χ1n) is 9.05. The van der Waals surface area contributed by atoms with Gasteiger partial charge >= 0.3 is 25.8 Å². The maximum Gasteiger partial charge on any atom is 0.411 e. The van der Waals surface area contributed by atoms with E-state index in [1.807, 2.05) is 19.6 Å². The number of carbonyl (C=O) groups is 1. The second-order valence-electron chi connectivity index (χ2n) is 7.16. The van der Waals surface area contributed by atoms with Crippen molar-refractivity contribution >= 4 is 28.4 Å². The van der Waals surface area contributed by atoms with Crippen LogP contribution in [0.5, 0.6) is 0 Å². The van der Waals surface area contributed by atoms with Crippen molar-refractivity contribution in [3.63, 3.8) is 0 Å². The first-order valence-corrected chi connectivity index (χ1v) is 12.5. The minimum absolute atomic E-state index is 0.00459. The Bertz CT molecular complexity index is 580. The number of methoxy groups -OCH3 is 1. The van der Waals surface area contributed by atoms with E-state index in [0.29, 0.717) is 13.0 Å². The lowest BCUT2D eigenvalue weighted by molar-refractivity contribution is -0.423. The number of nitrogens with one attached hydrogen (secondary N) is 1. The highest BCUT2D eigenvalue weighted by Gasteiger charge is 2.33. The molecule has 0 unspecified atom stereocenters. The molecule has 0 aromatic carbocycles. The normalized spacial score (nSPS) is 12.4. The fourth-order valence-corrected chi connectivity index (χ4v) is 2.77. The van der Waals surface area contributed by atoms with Crippen molar-refractivity contribution in [2.75, 3.05) is 20.2 Å². The summed E-state index contributed by atoms with van der Waals surface area (Å²) in [6.45, 7) is 9.65. The summed E-state index contributed by atoms with van der Waals surface area (Å²) in [5, 5.41) is 33.8. The molecule has 0 saturated carbocycles. The fraction of sp³-hybridized carbons (Fsp3) is 0.667. The topological polar surface area (TPSA) is 134 Å². The highest BCUT2D eigenvalue weighted by atomic mass is 28.4. The highest BCUT2D eigenvalue weighted by Crippen LogP contribution is 2.19. The van der Waals surface area contributed by atoms with Crippen molar-refractivity contribution in [2.45, 2.75) is 46.1 Å². The van der Waals surface area contributed by atoms with Gasteiger partial charge in [0.2, 0.25) is 8.32 Å². The molecule has 158 valence electrons. The Balaban J connectivity index is 5.73. The lowest BCUT2D eigenvalue weighted by Gasteiger charge is -2.27. The summed E-state index contributed by atoms with van der Waals surface area (Å²) in [5.41, 5.74) is -0.705. The van der Waals surface area contributed by atoms with Gasteiger partial charge in [0, 0.05) is 13.0 Å². The predicted octanol–water partition coefficient (Wildman–Crippen LogP) is 0.905. The minimum atomic E-state index is -1.82. The number of nitrogens with zero attached hydrogens (tertiary/aromatic N) is 2. The van der Waals surface area contributed by atoms with Crippen LogP contribution in [0.3, 0.4) is 0 Å². The van der Waals surface area contributed by atoms with E-state index >= 15 is 0 Å². The van der Waals surface area contributed by atoms with E-state index in [1.54, 1.807) is 12.9 Å². The van der Waals surface area contributed by atoms with Crippen LogP contribution >= 0.6 is 0 Å². The largest absolute Gasteiger partial charge is 0.550 e. The van der Waals surface area contributed by atoms with Crippen LogP contribution in [-0.4, -0.2) is 68.4 Å². The number of carbonyl (C=O) groups excluding carboxylic acids is 1. The Labute approximate surface area is 168 Å². The van der Waals surface area contributed by atoms with Gasteiger partial charge in [-0.2, -0.15) is 0 Å². The lowest BCUT2D eigenvalue weighted by atomic mass is 9.83. The summed E-state index contributed by atoms with van der Waals surface area (Å²) in [6, 6.07) is 0. The zero-order valence-corrected chi connectivity index (χ0v) is 18.5. The van der Waals surface area contributed by atoms with Gasteiger partial charge in [-0.05, 0) is 52.3 Å². The SMILES string of the molecule is COC(=O)C(=C(CC=CO[Si](C)(C)C)N(CCCNB(C)O)B(C)O)[N+](=O)[O-]. The van der Waals surface area contributed by atoms with Crippen LogP contribution in [0.25, 0.3) is 0 Å². The minimum Gasteiger partial charge on any atom is -0.550 e. The second kappa shape index (κ2) is 12.6. The van der Waals surface area contributed by atoms with E-state index in [-0.39, 0.29) is 18.7 Å². The third kappa shape index (κ3) is 10.5. The third-order valence-corrected chi connectivity index (χ3v) is 4.32. The molecule has 0 fully saturated rings. The fourth-order valence-electron chi connectivity index (χ4n) is 2.26. The molecule has 0 aliphatic heterocycles. The monoisotopic (exact) mass is 415 g/mol. The molecule has 0 radical (unpaired) electrons. The van der Waals surface area contributed by atoms with Crippen molar-refractivity contribution in [3.05, 3.63) is 33.8 Å². The van der Waals surface area contributed by atoms with Crippen molar-refractivity contribution in [3.8, 4) is 0 Å². The quantitative estimate of drug-likeness (QED) is 0.0763. The molecule has 0 aromatic heterocycles. The Morgan fingerprint density at radius 1 is 1.32 bits per heavy atom. The number of rotatable bonds is 13. The van der Waals surface area contributed by atoms with Gasteiger partial charge in [0.1, 0.15) is 0 Å². The van der Waals surface area contributed by atoms with Crippen LogP contribution < -0.4 is 5.23 Å². The maximum absolute atomic E-state index is 12.0. The Morgan fingerprint density at radius 2 is 1.93 bits per heavy atom. The van der Waals surface area contributed by atoms with Crippen LogP contribution in [0, 0.1) is 10.1 Å². The molecule has 0 aliphatic carbocycles. The average molecular weight is 415 g/mol. The zero-order chi connectivity index (χ0) is 21.9. The molecule has 0 amide bonds. The van der Waals surface area contributed by atoms with Crippen molar-refractivity contribution in [1.82, 2.24) is 10.0 Å². The van der Waals surface area contributed by atoms with Gasteiger partial charge in [-0.25, -0.2) is 4.79 Å². The molecular formula is C15H31B2N3O7Si. The van der Waals surface area contributed by atoms with Gasteiger partial charge < -0.3 is 29.2 Å². The lowest BCUT2D eigenvalue weighted by Crippen LogP contribution is -2.41. The summed E-state index contributed by atoms with van der Waals surface area (Å²) in [4.78, 5) is 24.1. The van der Waals surface area contributed by atoms with Gasteiger partial charge in [-0.15, -0.1) is 0 Å². The molecule has 10 nitrogen and oxygen atoms in total. The van der Waals surface area contributed by atoms with Gasteiger partial charge in [0.15, 0.2) is 0 Å². The van der Waals surface area contributed by atoms with E-state index in [4.69, 9.17) is 4.43 Å². The molecule has 0 rings (SSSR count). The van der Waals surface area contributed by atoms with Gasteiger partial charge in [-0.1, -0.05) is 0 Å². The molecule has 0 heterocycles. The van der Waals surface area contributed by atoms with Crippen LogP contribution in [0.2, 0.25) is 33.3 Å². The molecule has 3 N–H and O–H groups in total. The number of hydrogen-bond donors (Lipinski definition) is 3. The molecule has 0 aromatic rings. The average Bonchev–Trinajstić information content (AvgIpc) is 2.55. The van der Waals surface area contributed by atoms with Crippen LogP contribution in [0.15, 0.2) is 23.7 Å². The summed E-state index contributed by atoms with van der Waals surface area (Å²) in [6.07, 6.45) is 3.52. The van der Waals surface area contributed by atoms with Gasteiger partial charge in [0.25, 0.3) is 0 Å². The highest BCUT2D eigenvalue weighted by molar-refractivity contribution is 6.69. The molecule has 0 saturated heterocycles. The second-order valence-corrected chi connectivity index (χ2v) is 11.6. The van der Waals surface area contributed by atoms with E-state index < -0.39 is 39.0 Å². The van der Waals surface area contributed by atoms with Crippen LogP contribution in [-0.2, 0) is 14.0 Å². The number of nitro groups is 1. The third-order valence-electron chi connectivity index (χ3n) is 3.48. The molecule has 0 aliphatic rings. The number of allylic oxidation sites excluding steroid dienone is 1. The maximum atomic E-state index is 12.0. The van der Waals surface area contributed by atoms with Gasteiger partial charge in [-0.3, -0.25) is 10.1 Å². The molecule has 28 heavy (non-hydrogen) atoms. The summed E-state index contributed by atoms with van der Waals surface area (Å²) >= 11 is 0. The van der Waals surface area contributed by atoms with E-state index in [2.05, 4.69) is 9.96 Å². The number of esters is 1. The number of hydrogen-bond acceptors (Lipinski definition) is 9. The van der Waals surface area contributed by atoms with Crippen molar-refractivity contribution in [1.29, 1.82) is 0 Å².